The van der Waals surface area contributed by atoms with E-state index in [1.807, 2.05) is 20.8 Å². The van der Waals surface area contributed by atoms with E-state index in [0.717, 1.165) is 19.3 Å². The van der Waals surface area contributed by atoms with Crippen LogP contribution < -0.4 is 11.1 Å². The van der Waals surface area contributed by atoms with E-state index in [1.165, 1.54) is 19.3 Å². The summed E-state index contributed by atoms with van der Waals surface area (Å²) in [6, 6.07) is -0.287. The minimum atomic E-state index is -0.827. The van der Waals surface area contributed by atoms with Crippen LogP contribution in [0.3, 0.4) is 0 Å². The van der Waals surface area contributed by atoms with Gasteiger partial charge in [-0.15, -0.1) is 0 Å². The van der Waals surface area contributed by atoms with Crippen molar-refractivity contribution >= 4 is 12.2 Å². The Bertz CT molecular complexity index is 373. The van der Waals surface area contributed by atoms with Crippen molar-refractivity contribution in [3.05, 3.63) is 0 Å². The predicted octanol–water partition coefficient (Wildman–Crippen LogP) is 3.33. The van der Waals surface area contributed by atoms with E-state index in [2.05, 4.69) is 5.32 Å². The molecule has 3 N–H and O–H groups in total. The first-order chi connectivity index (χ1) is 10.2. The van der Waals surface area contributed by atoms with E-state index in [0.29, 0.717) is 5.92 Å². The summed E-state index contributed by atoms with van der Waals surface area (Å²) in [7, 11) is 0. The van der Waals surface area contributed by atoms with Gasteiger partial charge in [-0.3, -0.25) is 0 Å². The lowest BCUT2D eigenvalue weighted by atomic mass is 9.84. The van der Waals surface area contributed by atoms with Crippen molar-refractivity contribution in [2.45, 2.75) is 84.0 Å². The summed E-state index contributed by atoms with van der Waals surface area (Å²) in [6.07, 6.45) is 4.98. The number of amides is 2. The van der Waals surface area contributed by atoms with Gasteiger partial charge in [0, 0.05) is 0 Å². The van der Waals surface area contributed by atoms with Crippen LogP contribution in [0.5, 0.6) is 0 Å². The molecule has 6 nitrogen and oxygen atoms in total. The number of nitrogens with one attached hydrogen (secondary N) is 1. The molecule has 0 saturated heterocycles. The minimum absolute atomic E-state index is 0.287. The highest BCUT2D eigenvalue weighted by Gasteiger charge is 2.28. The van der Waals surface area contributed by atoms with Gasteiger partial charge in [0.05, 0.1) is 6.04 Å². The van der Waals surface area contributed by atoms with Crippen molar-refractivity contribution in [3.63, 3.8) is 0 Å². The van der Waals surface area contributed by atoms with Gasteiger partial charge in [-0.1, -0.05) is 32.1 Å². The molecular formula is C16H30N2O4. The van der Waals surface area contributed by atoms with Gasteiger partial charge in [0.25, 0.3) is 0 Å². The first kappa shape index (κ1) is 18.6. The third-order valence-electron chi connectivity index (χ3n) is 3.88. The third-order valence-corrected chi connectivity index (χ3v) is 3.88. The summed E-state index contributed by atoms with van der Waals surface area (Å²) in [5.41, 5.74) is 4.53. The number of hydrogen-bond acceptors (Lipinski definition) is 4. The van der Waals surface area contributed by atoms with Crippen molar-refractivity contribution in [3.8, 4) is 0 Å². The predicted molar refractivity (Wildman–Crippen MR) is 84.5 cm³/mol. The molecule has 0 bridgehead atoms. The fourth-order valence-corrected chi connectivity index (χ4v) is 2.87. The molecule has 0 radical (unpaired) electrons. The van der Waals surface area contributed by atoms with E-state index in [9.17, 15) is 9.59 Å². The van der Waals surface area contributed by atoms with E-state index in [4.69, 9.17) is 15.2 Å². The van der Waals surface area contributed by atoms with Gasteiger partial charge in [-0.25, -0.2) is 9.59 Å². The molecular weight excluding hydrogens is 284 g/mol. The van der Waals surface area contributed by atoms with Crippen molar-refractivity contribution < 1.29 is 19.1 Å². The maximum Gasteiger partial charge on any atom is 0.408 e. The van der Waals surface area contributed by atoms with Crippen molar-refractivity contribution in [2.75, 3.05) is 0 Å². The van der Waals surface area contributed by atoms with Gasteiger partial charge in [0.15, 0.2) is 0 Å². The van der Waals surface area contributed by atoms with Crippen LogP contribution in [0.4, 0.5) is 9.59 Å². The molecule has 22 heavy (non-hydrogen) atoms. The summed E-state index contributed by atoms with van der Waals surface area (Å²) in [5.74, 6) is 0.535. The molecule has 0 unspecified atom stereocenters. The Labute approximate surface area is 133 Å². The largest absolute Gasteiger partial charge is 0.445 e. The second kappa shape index (κ2) is 8.25. The van der Waals surface area contributed by atoms with Gasteiger partial charge in [0.2, 0.25) is 0 Å². The molecule has 128 valence electrons. The first-order valence-corrected chi connectivity index (χ1v) is 8.13. The van der Waals surface area contributed by atoms with Gasteiger partial charge in [-0.2, -0.15) is 0 Å². The number of ether oxygens (including phenoxy) is 2. The molecule has 1 saturated carbocycles. The first-order valence-electron chi connectivity index (χ1n) is 8.13. The Morgan fingerprint density at radius 2 is 1.82 bits per heavy atom. The standard InChI is InChI=1S/C16H30N2O4/c1-11(21-14(17)19)13(10-12-8-6-5-7-9-12)18-15(20)22-16(2,3)4/h11-13H,5-10H2,1-4H3,(H2,17,19)(H,18,20)/t11-,13-/m0/s1. The number of carbonyl (C=O) groups excluding carboxylic acids is 2. The summed E-state index contributed by atoms with van der Waals surface area (Å²) >= 11 is 0. The van der Waals surface area contributed by atoms with Crippen LogP contribution in [0.2, 0.25) is 0 Å². The van der Waals surface area contributed by atoms with Gasteiger partial charge in [0.1, 0.15) is 11.7 Å². The summed E-state index contributed by atoms with van der Waals surface area (Å²) in [6.45, 7) is 7.18. The van der Waals surface area contributed by atoms with E-state index >= 15 is 0 Å². The normalized spacial score (nSPS) is 19.1. The van der Waals surface area contributed by atoms with E-state index in [-0.39, 0.29) is 6.04 Å². The summed E-state index contributed by atoms with van der Waals surface area (Å²) in [4.78, 5) is 23.0. The molecule has 1 fully saturated rings. The smallest absolute Gasteiger partial charge is 0.408 e. The molecule has 0 aliphatic heterocycles. The zero-order chi connectivity index (χ0) is 16.8. The summed E-state index contributed by atoms with van der Waals surface area (Å²) < 4.78 is 10.3. The zero-order valence-electron chi connectivity index (χ0n) is 14.2. The minimum Gasteiger partial charge on any atom is -0.445 e. The van der Waals surface area contributed by atoms with E-state index in [1.54, 1.807) is 6.92 Å². The highest BCUT2D eigenvalue weighted by atomic mass is 16.6. The van der Waals surface area contributed by atoms with Crippen LogP contribution in [0.1, 0.15) is 66.2 Å². The maximum atomic E-state index is 12.0. The quantitative estimate of drug-likeness (QED) is 0.814. The topological polar surface area (TPSA) is 90.6 Å². The third kappa shape index (κ3) is 7.52. The number of primary amides is 1. The number of alkyl carbamates (subject to hydrolysis) is 1. The van der Waals surface area contributed by atoms with Crippen LogP contribution in [0.15, 0.2) is 0 Å². The summed E-state index contributed by atoms with van der Waals surface area (Å²) in [5, 5.41) is 2.83. The fourth-order valence-electron chi connectivity index (χ4n) is 2.87. The Balaban J connectivity index is 2.63. The molecule has 0 aromatic heterocycles. The highest BCUT2D eigenvalue weighted by Crippen LogP contribution is 2.28. The van der Waals surface area contributed by atoms with E-state index < -0.39 is 23.9 Å². The maximum absolute atomic E-state index is 12.0. The van der Waals surface area contributed by atoms with Crippen molar-refractivity contribution in [2.24, 2.45) is 11.7 Å². The molecule has 1 aliphatic rings. The lowest BCUT2D eigenvalue weighted by Crippen LogP contribution is -2.47. The Hall–Kier alpha value is -1.46. The van der Waals surface area contributed by atoms with Crippen LogP contribution in [-0.4, -0.2) is 29.9 Å². The average molecular weight is 314 g/mol. The Morgan fingerprint density at radius 1 is 1.23 bits per heavy atom. The molecule has 0 heterocycles. The zero-order valence-corrected chi connectivity index (χ0v) is 14.2. The Kier molecular flexibility index (Phi) is 6.97. The molecule has 1 rings (SSSR count). The highest BCUT2D eigenvalue weighted by molar-refractivity contribution is 5.68. The SMILES string of the molecule is C[C@H](OC(N)=O)[C@H](CC1CCCCC1)NC(=O)OC(C)(C)C. The molecule has 6 heteroatoms. The second-order valence-corrected chi connectivity index (χ2v) is 7.13. The Morgan fingerprint density at radius 3 is 2.32 bits per heavy atom. The van der Waals surface area contributed by atoms with Crippen molar-refractivity contribution in [1.29, 1.82) is 0 Å². The second-order valence-electron chi connectivity index (χ2n) is 7.13. The van der Waals surface area contributed by atoms with Crippen molar-refractivity contribution in [1.82, 2.24) is 5.32 Å². The number of hydrogen-bond donors (Lipinski definition) is 2. The fraction of sp³-hybridized carbons (Fsp3) is 0.875. The molecule has 2 amide bonds. The molecule has 0 aromatic rings. The van der Waals surface area contributed by atoms with Crippen LogP contribution >= 0.6 is 0 Å². The average Bonchev–Trinajstić information content (AvgIpc) is 2.36. The van der Waals surface area contributed by atoms with Gasteiger partial charge < -0.3 is 20.5 Å². The molecule has 2 atom stereocenters. The number of rotatable bonds is 5. The lowest BCUT2D eigenvalue weighted by Gasteiger charge is -2.31. The molecule has 1 aliphatic carbocycles. The number of nitrogens with two attached hydrogens (primary N) is 1. The van der Waals surface area contributed by atoms with Gasteiger partial charge in [-0.05, 0) is 40.0 Å². The van der Waals surface area contributed by atoms with Crippen LogP contribution in [-0.2, 0) is 9.47 Å². The van der Waals surface area contributed by atoms with Crippen LogP contribution in [0.25, 0.3) is 0 Å². The monoisotopic (exact) mass is 314 g/mol. The number of carbonyl (C=O) groups is 2. The van der Waals surface area contributed by atoms with Crippen LogP contribution in [0, 0.1) is 5.92 Å². The molecule has 0 aromatic carbocycles. The molecule has 0 spiro atoms. The van der Waals surface area contributed by atoms with Gasteiger partial charge >= 0.3 is 12.2 Å². The lowest BCUT2D eigenvalue weighted by molar-refractivity contribution is 0.0374.